The van der Waals surface area contributed by atoms with Crippen molar-refractivity contribution in [2.45, 2.75) is 59.2 Å². The van der Waals surface area contributed by atoms with E-state index in [1.807, 2.05) is 24.3 Å². The molecule has 1 aliphatic heterocycles. The van der Waals surface area contributed by atoms with Crippen molar-refractivity contribution >= 4 is 41.5 Å². The second-order valence-corrected chi connectivity index (χ2v) is 7.13. The van der Waals surface area contributed by atoms with Crippen LogP contribution in [0, 0.1) is 0 Å². The van der Waals surface area contributed by atoms with E-state index < -0.39 is 0 Å². The van der Waals surface area contributed by atoms with Gasteiger partial charge in [-0.3, -0.25) is 4.79 Å². The van der Waals surface area contributed by atoms with Crippen LogP contribution < -0.4 is 16.0 Å². The Morgan fingerprint density at radius 1 is 1.30 bits per heavy atom. The van der Waals surface area contributed by atoms with Crippen LogP contribution in [0.3, 0.4) is 0 Å². The molecule has 0 saturated carbocycles. The van der Waals surface area contributed by atoms with Crippen LogP contribution >= 0.6 is 24.0 Å². The molecular formula is C20H34IN5O. The smallest absolute Gasteiger partial charge is 0.221 e. The Kier molecular flexibility index (Phi) is 10.7. The number of nitrogens with zero attached hydrogens (tertiary/aromatic N) is 2. The van der Waals surface area contributed by atoms with Gasteiger partial charge in [-0.25, -0.2) is 4.99 Å². The molecule has 0 aliphatic carbocycles. The van der Waals surface area contributed by atoms with Crippen molar-refractivity contribution in [1.29, 1.82) is 0 Å². The van der Waals surface area contributed by atoms with Crippen molar-refractivity contribution < 1.29 is 4.79 Å². The lowest BCUT2D eigenvalue weighted by Gasteiger charge is -2.35. The maximum atomic E-state index is 11.2. The predicted molar refractivity (Wildman–Crippen MR) is 124 cm³/mol. The second kappa shape index (κ2) is 12.2. The van der Waals surface area contributed by atoms with E-state index in [1.54, 1.807) is 0 Å². The van der Waals surface area contributed by atoms with E-state index in [-0.39, 0.29) is 29.9 Å². The first-order valence-electron chi connectivity index (χ1n) is 9.63. The van der Waals surface area contributed by atoms with Crippen LogP contribution in [0.1, 0.15) is 46.1 Å². The third-order valence-electron chi connectivity index (χ3n) is 4.61. The molecule has 0 aromatic heterocycles. The fourth-order valence-corrected chi connectivity index (χ4v) is 3.19. The quantitative estimate of drug-likeness (QED) is 0.328. The summed E-state index contributed by atoms with van der Waals surface area (Å²) in [6.07, 6.45) is 2.28. The number of hydrogen-bond acceptors (Lipinski definition) is 3. The molecule has 0 atom stereocenters. The third kappa shape index (κ3) is 8.47. The lowest BCUT2D eigenvalue weighted by atomic mass is 10.0. The first-order chi connectivity index (χ1) is 12.5. The van der Waals surface area contributed by atoms with E-state index in [0.717, 1.165) is 49.7 Å². The number of carbonyl (C=O) groups is 1. The number of halogens is 1. The number of rotatable bonds is 6. The van der Waals surface area contributed by atoms with Gasteiger partial charge in [0.2, 0.25) is 5.91 Å². The minimum atomic E-state index is -0.0617. The van der Waals surface area contributed by atoms with E-state index in [9.17, 15) is 4.79 Å². The summed E-state index contributed by atoms with van der Waals surface area (Å²) >= 11 is 0. The largest absolute Gasteiger partial charge is 0.357 e. The van der Waals surface area contributed by atoms with Crippen LogP contribution in [0.15, 0.2) is 29.3 Å². The number of nitrogens with one attached hydrogen (secondary N) is 3. The Balaban J connectivity index is 0.00000364. The lowest BCUT2D eigenvalue weighted by molar-refractivity contribution is -0.114. The molecule has 1 aromatic carbocycles. The van der Waals surface area contributed by atoms with Gasteiger partial charge in [0.1, 0.15) is 0 Å². The molecule has 1 aliphatic rings. The molecule has 0 bridgehead atoms. The van der Waals surface area contributed by atoms with Gasteiger partial charge < -0.3 is 20.9 Å². The number of amides is 1. The zero-order valence-corrected chi connectivity index (χ0v) is 19.2. The Morgan fingerprint density at radius 2 is 2.00 bits per heavy atom. The van der Waals surface area contributed by atoms with Crippen LogP contribution in [0.25, 0.3) is 0 Å². The number of piperidine rings is 1. The van der Waals surface area contributed by atoms with Crippen molar-refractivity contribution in [2.24, 2.45) is 4.99 Å². The summed E-state index contributed by atoms with van der Waals surface area (Å²) in [5.74, 6) is 0.800. The lowest BCUT2D eigenvalue weighted by Crippen LogP contribution is -2.49. The Hall–Kier alpha value is -1.35. The van der Waals surface area contributed by atoms with Crippen molar-refractivity contribution in [3.63, 3.8) is 0 Å². The fourth-order valence-electron chi connectivity index (χ4n) is 3.19. The highest BCUT2D eigenvalue weighted by molar-refractivity contribution is 14.0. The molecular weight excluding hydrogens is 453 g/mol. The molecule has 1 amide bonds. The van der Waals surface area contributed by atoms with Crippen LogP contribution in [0.4, 0.5) is 5.69 Å². The standard InChI is InChI=1S/C20H33N5O.HI/c1-5-21-20(24-18-9-11-25(12-10-18)15(2)3)22-14-17-7-6-8-19(13-17)23-16(4)26;/h6-8,13,15,18H,5,9-12,14H2,1-4H3,(H,23,26)(H2,21,22,24);1H. The molecule has 7 heteroatoms. The molecule has 0 spiro atoms. The van der Waals surface area contributed by atoms with Gasteiger partial charge in [0, 0.05) is 44.3 Å². The van der Waals surface area contributed by atoms with Crippen LogP contribution in [-0.4, -0.2) is 48.5 Å². The van der Waals surface area contributed by atoms with Crippen molar-refractivity contribution in [3.8, 4) is 0 Å². The summed E-state index contributed by atoms with van der Waals surface area (Å²) in [5.41, 5.74) is 1.88. The minimum absolute atomic E-state index is 0. The summed E-state index contributed by atoms with van der Waals surface area (Å²) in [4.78, 5) is 18.4. The van der Waals surface area contributed by atoms with Gasteiger partial charge in [0.25, 0.3) is 0 Å². The maximum Gasteiger partial charge on any atom is 0.221 e. The number of aliphatic imine (C=N–C) groups is 1. The number of likely N-dealkylation sites (tertiary alicyclic amines) is 1. The van der Waals surface area contributed by atoms with Gasteiger partial charge in [-0.15, -0.1) is 24.0 Å². The molecule has 3 N–H and O–H groups in total. The first-order valence-corrected chi connectivity index (χ1v) is 9.63. The van der Waals surface area contributed by atoms with E-state index in [2.05, 4.69) is 41.6 Å². The van der Waals surface area contributed by atoms with E-state index >= 15 is 0 Å². The van der Waals surface area contributed by atoms with Gasteiger partial charge in [-0.05, 0) is 51.3 Å². The Bertz CT molecular complexity index is 612. The normalized spacial score (nSPS) is 16.0. The maximum absolute atomic E-state index is 11.2. The monoisotopic (exact) mass is 487 g/mol. The highest BCUT2D eigenvalue weighted by Gasteiger charge is 2.21. The molecule has 1 fully saturated rings. The number of anilines is 1. The number of hydrogen-bond donors (Lipinski definition) is 3. The van der Waals surface area contributed by atoms with Crippen LogP contribution in [0.2, 0.25) is 0 Å². The van der Waals surface area contributed by atoms with Gasteiger partial charge in [-0.2, -0.15) is 0 Å². The average Bonchev–Trinajstić information content (AvgIpc) is 2.60. The van der Waals surface area contributed by atoms with Crippen LogP contribution in [0.5, 0.6) is 0 Å². The molecule has 1 heterocycles. The summed E-state index contributed by atoms with van der Waals surface area (Å²) in [7, 11) is 0. The highest BCUT2D eigenvalue weighted by Crippen LogP contribution is 2.14. The Morgan fingerprint density at radius 3 is 2.59 bits per heavy atom. The number of guanidine groups is 1. The molecule has 6 nitrogen and oxygen atoms in total. The number of carbonyl (C=O) groups excluding carboxylic acids is 1. The van der Waals surface area contributed by atoms with E-state index in [0.29, 0.717) is 18.6 Å². The summed E-state index contributed by atoms with van der Waals surface area (Å²) < 4.78 is 0. The Labute approximate surface area is 180 Å². The third-order valence-corrected chi connectivity index (χ3v) is 4.61. The summed E-state index contributed by atoms with van der Waals surface area (Å²) in [5, 5.41) is 9.73. The minimum Gasteiger partial charge on any atom is -0.357 e. The zero-order chi connectivity index (χ0) is 18.9. The second-order valence-electron chi connectivity index (χ2n) is 7.13. The van der Waals surface area contributed by atoms with Crippen molar-refractivity contribution in [3.05, 3.63) is 29.8 Å². The molecule has 2 rings (SSSR count). The molecule has 0 unspecified atom stereocenters. The average molecular weight is 487 g/mol. The van der Waals surface area contributed by atoms with Crippen LogP contribution in [-0.2, 0) is 11.3 Å². The zero-order valence-electron chi connectivity index (χ0n) is 16.9. The molecule has 1 saturated heterocycles. The van der Waals surface area contributed by atoms with Crippen molar-refractivity contribution in [2.75, 3.05) is 25.0 Å². The molecule has 152 valence electrons. The SMILES string of the molecule is CCNC(=NCc1cccc(NC(C)=O)c1)NC1CCN(C(C)C)CC1.I. The summed E-state index contributed by atoms with van der Waals surface area (Å²) in [6.45, 7) is 11.8. The predicted octanol–water partition coefficient (Wildman–Crippen LogP) is 3.19. The fraction of sp³-hybridized carbons (Fsp3) is 0.600. The molecule has 0 radical (unpaired) electrons. The van der Waals surface area contributed by atoms with Gasteiger partial charge in [0.15, 0.2) is 5.96 Å². The van der Waals surface area contributed by atoms with Gasteiger partial charge >= 0.3 is 0 Å². The highest BCUT2D eigenvalue weighted by atomic mass is 127. The number of benzene rings is 1. The molecule has 27 heavy (non-hydrogen) atoms. The van der Waals surface area contributed by atoms with Gasteiger partial charge in [0.05, 0.1) is 6.54 Å². The topological polar surface area (TPSA) is 68.8 Å². The van der Waals surface area contributed by atoms with Crippen molar-refractivity contribution in [1.82, 2.24) is 15.5 Å². The first kappa shape index (κ1) is 23.7. The van der Waals surface area contributed by atoms with Gasteiger partial charge in [-0.1, -0.05) is 12.1 Å². The molecule has 1 aromatic rings. The van der Waals surface area contributed by atoms with E-state index in [4.69, 9.17) is 4.99 Å². The summed E-state index contributed by atoms with van der Waals surface area (Å²) in [6, 6.07) is 8.91. The van der Waals surface area contributed by atoms with E-state index in [1.165, 1.54) is 6.92 Å².